The summed E-state index contributed by atoms with van der Waals surface area (Å²) in [7, 11) is 0. The van der Waals surface area contributed by atoms with E-state index in [-0.39, 0.29) is 17.6 Å². The van der Waals surface area contributed by atoms with Crippen LogP contribution in [0.5, 0.6) is 0 Å². The van der Waals surface area contributed by atoms with Crippen LogP contribution in [0.3, 0.4) is 0 Å². The van der Waals surface area contributed by atoms with E-state index in [9.17, 15) is 9.59 Å². The summed E-state index contributed by atoms with van der Waals surface area (Å²) in [4.78, 5) is 22.7. The zero-order chi connectivity index (χ0) is 13.5. The fraction of sp³-hybridized carbons (Fsp3) is 0.385. The third kappa shape index (κ3) is 4.79. The number of amides is 2. The highest BCUT2D eigenvalue weighted by atomic mass is 32.1. The summed E-state index contributed by atoms with van der Waals surface area (Å²) >= 11 is 4.05. The molecule has 1 atom stereocenters. The van der Waals surface area contributed by atoms with E-state index in [2.05, 4.69) is 23.3 Å². The molecule has 0 aliphatic rings. The molecular weight excluding hydrogens is 248 g/mol. The molecule has 1 aromatic carbocycles. The fourth-order valence-corrected chi connectivity index (χ4v) is 1.83. The van der Waals surface area contributed by atoms with Crippen molar-refractivity contribution in [1.82, 2.24) is 10.6 Å². The molecule has 98 valence electrons. The quantitative estimate of drug-likeness (QED) is 0.698. The first-order chi connectivity index (χ1) is 8.52. The minimum atomic E-state index is -0.587. The smallest absolute Gasteiger partial charge is 0.243 e. The van der Waals surface area contributed by atoms with Gasteiger partial charge in [-0.3, -0.25) is 9.59 Å². The Morgan fingerprint density at radius 3 is 2.67 bits per heavy atom. The van der Waals surface area contributed by atoms with Gasteiger partial charge in [0, 0.05) is 19.2 Å². The maximum atomic E-state index is 11.8. The molecule has 0 saturated heterocycles. The van der Waals surface area contributed by atoms with Gasteiger partial charge in [-0.1, -0.05) is 29.8 Å². The van der Waals surface area contributed by atoms with E-state index in [0.717, 1.165) is 11.1 Å². The lowest BCUT2D eigenvalue weighted by Crippen LogP contribution is -2.47. The molecule has 18 heavy (non-hydrogen) atoms. The third-order valence-corrected chi connectivity index (χ3v) is 2.79. The average Bonchev–Trinajstić information content (AvgIpc) is 2.33. The van der Waals surface area contributed by atoms with Gasteiger partial charge in [0.1, 0.15) is 6.04 Å². The van der Waals surface area contributed by atoms with Gasteiger partial charge in [-0.05, 0) is 12.5 Å². The molecule has 0 radical (unpaired) electrons. The van der Waals surface area contributed by atoms with Gasteiger partial charge in [0.25, 0.3) is 0 Å². The lowest BCUT2D eigenvalue weighted by molar-refractivity contribution is -0.127. The average molecular weight is 266 g/mol. The molecular formula is C13H18N2O2S. The number of nitrogens with one attached hydrogen (secondary N) is 2. The molecule has 0 aromatic heterocycles. The van der Waals surface area contributed by atoms with Crippen LogP contribution in [0.4, 0.5) is 0 Å². The molecule has 0 heterocycles. The van der Waals surface area contributed by atoms with Gasteiger partial charge >= 0.3 is 0 Å². The summed E-state index contributed by atoms with van der Waals surface area (Å²) in [6.45, 7) is 3.83. The number of hydrogen-bond acceptors (Lipinski definition) is 3. The van der Waals surface area contributed by atoms with Crippen molar-refractivity contribution < 1.29 is 9.59 Å². The van der Waals surface area contributed by atoms with Gasteiger partial charge in [-0.15, -0.1) is 0 Å². The van der Waals surface area contributed by atoms with Gasteiger partial charge in [0.2, 0.25) is 11.8 Å². The molecule has 2 N–H and O–H groups in total. The second-order valence-electron chi connectivity index (χ2n) is 4.14. The van der Waals surface area contributed by atoms with E-state index < -0.39 is 6.04 Å². The Balaban J connectivity index is 2.51. The number of carbonyl (C=O) groups is 2. The summed E-state index contributed by atoms with van der Waals surface area (Å²) < 4.78 is 0. The van der Waals surface area contributed by atoms with E-state index >= 15 is 0 Å². The Bertz CT molecular complexity index is 435. The zero-order valence-electron chi connectivity index (χ0n) is 10.6. The molecule has 0 aliphatic heterocycles. The molecule has 1 rings (SSSR count). The predicted molar refractivity (Wildman–Crippen MR) is 74.5 cm³/mol. The maximum Gasteiger partial charge on any atom is 0.243 e. The first kappa shape index (κ1) is 14.6. The van der Waals surface area contributed by atoms with Gasteiger partial charge in [0.05, 0.1) is 0 Å². The Labute approximate surface area is 113 Å². The standard InChI is InChI=1S/C13H18N2O2S/c1-9-4-3-5-11(6-9)7-14-13(17)12(8-18)15-10(2)16/h3-6,12,18H,7-8H2,1-2H3,(H,14,17)(H,15,16). The van der Waals surface area contributed by atoms with Crippen molar-refractivity contribution in [3.63, 3.8) is 0 Å². The zero-order valence-corrected chi connectivity index (χ0v) is 11.5. The van der Waals surface area contributed by atoms with Crippen LogP contribution >= 0.6 is 12.6 Å². The van der Waals surface area contributed by atoms with Crippen LogP contribution in [0.15, 0.2) is 24.3 Å². The van der Waals surface area contributed by atoms with Crippen molar-refractivity contribution in [2.45, 2.75) is 26.4 Å². The van der Waals surface area contributed by atoms with Crippen molar-refractivity contribution in [2.24, 2.45) is 0 Å². The number of thiol groups is 1. The minimum absolute atomic E-state index is 0.221. The molecule has 1 aromatic rings. The minimum Gasteiger partial charge on any atom is -0.350 e. The SMILES string of the molecule is CC(=O)NC(CS)C(=O)NCc1cccc(C)c1. The summed E-state index contributed by atoms with van der Waals surface area (Å²) in [5, 5.41) is 5.33. The Morgan fingerprint density at radius 1 is 1.39 bits per heavy atom. The van der Waals surface area contributed by atoms with Crippen molar-refractivity contribution in [1.29, 1.82) is 0 Å². The van der Waals surface area contributed by atoms with Crippen LogP contribution in [0, 0.1) is 6.92 Å². The summed E-state index contributed by atoms with van der Waals surface area (Å²) in [6, 6.07) is 7.31. The van der Waals surface area contributed by atoms with E-state index in [0.29, 0.717) is 6.54 Å². The van der Waals surface area contributed by atoms with E-state index in [1.54, 1.807) is 0 Å². The summed E-state index contributed by atoms with van der Waals surface area (Å²) in [5.74, 6) is -0.180. The van der Waals surface area contributed by atoms with E-state index in [4.69, 9.17) is 0 Å². The molecule has 1 unspecified atom stereocenters. The van der Waals surface area contributed by atoms with Crippen molar-refractivity contribution in [3.8, 4) is 0 Å². The molecule has 4 nitrogen and oxygen atoms in total. The Morgan fingerprint density at radius 2 is 2.11 bits per heavy atom. The molecule has 0 bridgehead atoms. The fourth-order valence-electron chi connectivity index (χ4n) is 1.57. The van der Waals surface area contributed by atoms with Gasteiger partial charge in [-0.25, -0.2) is 0 Å². The van der Waals surface area contributed by atoms with Crippen LogP contribution in [0.1, 0.15) is 18.1 Å². The van der Waals surface area contributed by atoms with Crippen LogP contribution in [-0.4, -0.2) is 23.6 Å². The van der Waals surface area contributed by atoms with Gasteiger partial charge in [0.15, 0.2) is 0 Å². The van der Waals surface area contributed by atoms with E-state index in [1.165, 1.54) is 6.92 Å². The normalized spacial score (nSPS) is 11.7. The van der Waals surface area contributed by atoms with Gasteiger partial charge < -0.3 is 10.6 Å². The van der Waals surface area contributed by atoms with Crippen LogP contribution in [-0.2, 0) is 16.1 Å². The number of hydrogen-bond donors (Lipinski definition) is 3. The molecule has 5 heteroatoms. The Kier molecular flexibility index (Phi) is 5.71. The van der Waals surface area contributed by atoms with Crippen molar-refractivity contribution in [3.05, 3.63) is 35.4 Å². The van der Waals surface area contributed by atoms with Crippen LogP contribution in [0.2, 0.25) is 0 Å². The second kappa shape index (κ2) is 7.06. The number of benzene rings is 1. The number of aryl methyl sites for hydroxylation is 1. The monoisotopic (exact) mass is 266 g/mol. The molecule has 0 spiro atoms. The van der Waals surface area contributed by atoms with Crippen LogP contribution in [0.25, 0.3) is 0 Å². The molecule has 0 saturated carbocycles. The molecule has 0 aliphatic carbocycles. The molecule has 2 amide bonds. The predicted octanol–water partition coefficient (Wildman–Crippen LogP) is 1.05. The highest BCUT2D eigenvalue weighted by molar-refractivity contribution is 7.80. The highest BCUT2D eigenvalue weighted by Gasteiger charge is 2.16. The molecule has 0 fully saturated rings. The second-order valence-corrected chi connectivity index (χ2v) is 4.51. The maximum absolute atomic E-state index is 11.8. The number of carbonyl (C=O) groups excluding carboxylic acids is 2. The Hall–Kier alpha value is -1.49. The van der Waals surface area contributed by atoms with E-state index in [1.807, 2.05) is 31.2 Å². The highest BCUT2D eigenvalue weighted by Crippen LogP contribution is 2.03. The number of rotatable bonds is 5. The first-order valence-corrected chi connectivity index (χ1v) is 6.37. The van der Waals surface area contributed by atoms with Crippen LogP contribution < -0.4 is 10.6 Å². The van der Waals surface area contributed by atoms with Crippen molar-refractivity contribution >= 4 is 24.4 Å². The van der Waals surface area contributed by atoms with Gasteiger partial charge in [-0.2, -0.15) is 12.6 Å². The third-order valence-electron chi connectivity index (χ3n) is 2.43. The van der Waals surface area contributed by atoms with Crippen molar-refractivity contribution in [2.75, 3.05) is 5.75 Å². The first-order valence-electron chi connectivity index (χ1n) is 5.74. The lowest BCUT2D eigenvalue weighted by Gasteiger charge is -2.15. The summed E-state index contributed by atoms with van der Waals surface area (Å²) in [5.41, 5.74) is 2.18. The largest absolute Gasteiger partial charge is 0.350 e. The topological polar surface area (TPSA) is 58.2 Å². The lowest BCUT2D eigenvalue weighted by atomic mass is 10.1. The summed E-state index contributed by atoms with van der Waals surface area (Å²) in [6.07, 6.45) is 0.